The summed E-state index contributed by atoms with van der Waals surface area (Å²) in [6.45, 7) is 1.87. The Labute approximate surface area is 200 Å². The second-order valence-electron chi connectivity index (χ2n) is 7.50. The molecule has 3 aromatic carbocycles. The van der Waals surface area contributed by atoms with Crippen molar-refractivity contribution in [2.24, 2.45) is 0 Å². The lowest BCUT2D eigenvalue weighted by molar-refractivity contribution is -0.133. The fraction of sp³-hybridized carbons (Fsp3) is 0.167. The number of para-hydroxylation sites is 1. The van der Waals surface area contributed by atoms with Crippen molar-refractivity contribution in [1.82, 2.24) is 10.4 Å². The SMILES string of the molecule is CC1SC(c2ccccc2)N(NCC(=O)N2c3ccccc3Sc3ccc(Cl)cc32)C1=O. The fourth-order valence-corrected chi connectivity index (χ4v) is 6.29. The van der Waals surface area contributed by atoms with Crippen LogP contribution < -0.4 is 10.3 Å². The standard InChI is InChI=1S/C24H20ClN3O2S2/c1-15-23(30)28(24(31-15)16-7-3-2-4-8-16)26-14-22(29)27-18-9-5-6-10-20(18)32-21-12-11-17(25)13-19(21)27/h2-13,15,24,26H,14H2,1H3. The summed E-state index contributed by atoms with van der Waals surface area (Å²) in [5.74, 6) is -0.194. The molecule has 5 nitrogen and oxygen atoms in total. The number of benzene rings is 3. The van der Waals surface area contributed by atoms with Gasteiger partial charge in [-0.3, -0.25) is 19.5 Å². The van der Waals surface area contributed by atoms with Gasteiger partial charge in [-0.25, -0.2) is 5.43 Å². The van der Waals surface area contributed by atoms with E-state index >= 15 is 0 Å². The monoisotopic (exact) mass is 481 g/mol. The number of rotatable bonds is 4. The maximum atomic E-state index is 13.5. The van der Waals surface area contributed by atoms with Gasteiger partial charge in [0.15, 0.2) is 0 Å². The van der Waals surface area contributed by atoms with Crippen molar-refractivity contribution in [2.45, 2.75) is 27.3 Å². The minimum Gasteiger partial charge on any atom is -0.278 e. The molecular formula is C24H20ClN3O2S2. The van der Waals surface area contributed by atoms with Crippen LogP contribution in [0.4, 0.5) is 11.4 Å². The molecule has 1 saturated heterocycles. The van der Waals surface area contributed by atoms with Gasteiger partial charge in [0.1, 0.15) is 5.37 Å². The number of anilines is 2. The highest BCUT2D eigenvalue weighted by atomic mass is 35.5. The number of carbonyl (C=O) groups is 2. The number of nitrogens with one attached hydrogen (secondary N) is 1. The zero-order chi connectivity index (χ0) is 22.2. The molecule has 162 valence electrons. The number of carbonyl (C=O) groups excluding carboxylic acids is 2. The summed E-state index contributed by atoms with van der Waals surface area (Å²) in [7, 11) is 0. The molecule has 0 bridgehead atoms. The molecule has 0 saturated carbocycles. The summed E-state index contributed by atoms with van der Waals surface area (Å²) < 4.78 is 0. The largest absolute Gasteiger partial charge is 0.278 e. The second-order valence-corrected chi connectivity index (χ2v) is 10.4. The van der Waals surface area contributed by atoms with E-state index in [0.717, 1.165) is 26.7 Å². The molecule has 32 heavy (non-hydrogen) atoms. The van der Waals surface area contributed by atoms with Crippen molar-refractivity contribution in [2.75, 3.05) is 11.4 Å². The molecule has 8 heteroatoms. The van der Waals surface area contributed by atoms with Crippen LogP contribution in [0.2, 0.25) is 5.02 Å². The Kier molecular flexibility index (Phi) is 5.90. The predicted octanol–water partition coefficient (Wildman–Crippen LogP) is 5.64. The van der Waals surface area contributed by atoms with Gasteiger partial charge < -0.3 is 0 Å². The molecule has 2 aliphatic rings. The number of amides is 2. The molecule has 0 aliphatic carbocycles. The van der Waals surface area contributed by atoms with E-state index in [-0.39, 0.29) is 29.0 Å². The number of halogens is 1. The molecule has 3 aromatic rings. The summed E-state index contributed by atoms with van der Waals surface area (Å²) in [6, 6.07) is 23.2. The molecule has 0 aromatic heterocycles. The lowest BCUT2D eigenvalue weighted by atomic mass is 10.2. The highest BCUT2D eigenvalue weighted by Gasteiger charge is 2.39. The first kappa shape index (κ1) is 21.4. The zero-order valence-electron chi connectivity index (χ0n) is 17.2. The first-order valence-corrected chi connectivity index (χ1v) is 12.3. The van der Waals surface area contributed by atoms with Crippen LogP contribution in [0.5, 0.6) is 0 Å². The summed E-state index contributed by atoms with van der Waals surface area (Å²) in [5, 5.41) is 1.79. The molecule has 2 aliphatic heterocycles. The second kappa shape index (κ2) is 8.83. The minimum atomic E-state index is -0.186. The van der Waals surface area contributed by atoms with Crippen molar-refractivity contribution in [3.63, 3.8) is 0 Å². The van der Waals surface area contributed by atoms with Crippen molar-refractivity contribution in [1.29, 1.82) is 0 Å². The Hall–Kier alpha value is -2.45. The van der Waals surface area contributed by atoms with E-state index in [1.165, 1.54) is 0 Å². The molecule has 2 heterocycles. The van der Waals surface area contributed by atoms with Crippen molar-refractivity contribution < 1.29 is 9.59 Å². The first-order valence-electron chi connectivity index (χ1n) is 10.2. The quantitative estimate of drug-likeness (QED) is 0.523. The highest BCUT2D eigenvalue weighted by molar-refractivity contribution is 8.01. The van der Waals surface area contributed by atoms with Gasteiger partial charge in [0.25, 0.3) is 5.91 Å². The molecule has 0 radical (unpaired) electrons. The summed E-state index contributed by atoms with van der Waals surface area (Å²) in [5.41, 5.74) is 5.70. The number of fused-ring (bicyclic) bond motifs is 2. The van der Waals surface area contributed by atoms with Crippen LogP contribution in [0.3, 0.4) is 0 Å². The number of hydrazine groups is 1. The lowest BCUT2D eigenvalue weighted by Gasteiger charge is -2.32. The van der Waals surface area contributed by atoms with Gasteiger partial charge in [-0.2, -0.15) is 0 Å². The Morgan fingerprint density at radius 1 is 1.00 bits per heavy atom. The van der Waals surface area contributed by atoms with E-state index < -0.39 is 0 Å². The predicted molar refractivity (Wildman–Crippen MR) is 130 cm³/mol. The Balaban J connectivity index is 1.42. The third-order valence-corrected chi connectivity index (χ3v) is 8.09. The fourth-order valence-electron chi connectivity index (χ4n) is 3.86. The molecule has 1 N–H and O–H groups in total. The first-order chi connectivity index (χ1) is 15.5. The van der Waals surface area contributed by atoms with Crippen LogP contribution in [-0.2, 0) is 9.59 Å². The van der Waals surface area contributed by atoms with E-state index in [1.807, 2.05) is 79.7 Å². The average Bonchev–Trinajstić information content (AvgIpc) is 3.10. The van der Waals surface area contributed by atoms with Crippen LogP contribution in [0.15, 0.2) is 82.6 Å². The molecule has 2 amide bonds. The summed E-state index contributed by atoms with van der Waals surface area (Å²) >= 11 is 9.44. The Bertz CT molecular complexity index is 1190. The molecule has 2 unspecified atom stereocenters. The van der Waals surface area contributed by atoms with E-state index in [4.69, 9.17) is 11.6 Å². The molecule has 5 rings (SSSR count). The summed E-state index contributed by atoms with van der Waals surface area (Å²) in [6.07, 6.45) is 0. The number of nitrogens with zero attached hydrogens (tertiary/aromatic N) is 2. The topological polar surface area (TPSA) is 52.7 Å². The van der Waals surface area contributed by atoms with Crippen LogP contribution in [0.1, 0.15) is 17.9 Å². The minimum absolute atomic E-state index is 0.0205. The Morgan fingerprint density at radius 3 is 2.53 bits per heavy atom. The van der Waals surface area contributed by atoms with Gasteiger partial charge in [0.2, 0.25) is 5.91 Å². The Morgan fingerprint density at radius 2 is 1.72 bits per heavy atom. The smallest absolute Gasteiger partial charge is 0.250 e. The average molecular weight is 482 g/mol. The van der Waals surface area contributed by atoms with Crippen molar-refractivity contribution in [3.8, 4) is 0 Å². The number of thioether (sulfide) groups is 1. The van der Waals surface area contributed by atoms with E-state index in [9.17, 15) is 9.59 Å². The van der Waals surface area contributed by atoms with E-state index in [0.29, 0.717) is 5.02 Å². The zero-order valence-corrected chi connectivity index (χ0v) is 19.6. The van der Waals surface area contributed by atoms with Gasteiger partial charge in [0.05, 0.1) is 23.2 Å². The maximum absolute atomic E-state index is 13.5. The molecule has 1 fully saturated rings. The van der Waals surface area contributed by atoms with E-state index in [1.54, 1.807) is 33.4 Å². The van der Waals surface area contributed by atoms with Crippen LogP contribution >= 0.6 is 35.1 Å². The normalized spacial score (nSPS) is 19.6. The lowest BCUT2D eigenvalue weighted by Crippen LogP contribution is -2.47. The number of hydrogen-bond donors (Lipinski definition) is 1. The van der Waals surface area contributed by atoms with Crippen LogP contribution in [-0.4, -0.2) is 28.6 Å². The van der Waals surface area contributed by atoms with Gasteiger partial charge in [-0.05, 0) is 42.8 Å². The van der Waals surface area contributed by atoms with Crippen LogP contribution in [0.25, 0.3) is 0 Å². The third kappa shape index (κ3) is 3.90. The highest BCUT2D eigenvalue weighted by Crippen LogP contribution is 2.49. The van der Waals surface area contributed by atoms with Crippen LogP contribution in [0, 0.1) is 0 Å². The molecule has 2 atom stereocenters. The van der Waals surface area contributed by atoms with Gasteiger partial charge in [-0.15, -0.1) is 11.8 Å². The van der Waals surface area contributed by atoms with E-state index in [2.05, 4.69) is 5.43 Å². The van der Waals surface area contributed by atoms with Gasteiger partial charge >= 0.3 is 0 Å². The summed E-state index contributed by atoms with van der Waals surface area (Å²) in [4.78, 5) is 30.0. The molecule has 0 spiro atoms. The van der Waals surface area contributed by atoms with Crippen molar-refractivity contribution in [3.05, 3.63) is 83.4 Å². The maximum Gasteiger partial charge on any atom is 0.250 e. The van der Waals surface area contributed by atoms with Crippen molar-refractivity contribution >= 4 is 58.3 Å². The molecular weight excluding hydrogens is 462 g/mol. The van der Waals surface area contributed by atoms with Gasteiger partial charge in [0, 0.05) is 14.8 Å². The van der Waals surface area contributed by atoms with Gasteiger partial charge in [-0.1, -0.05) is 65.8 Å². The number of hydrogen-bond acceptors (Lipinski definition) is 5. The third-order valence-electron chi connectivity index (χ3n) is 5.38.